The molecule has 0 spiro atoms. The van der Waals surface area contributed by atoms with Crippen molar-refractivity contribution in [1.29, 1.82) is 0 Å². The van der Waals surface area contributed by atoms with E-state index in [0.29, 0.717) is 18.0 Å². The van der Waals surface area contributed by atoms with E-state index in [-0.39, 0.29) is 12.0 Å². The first-order valence-corrected chi connectivity index (χ1v) is 6.97. The van der Waals surface area contributed by atoms with E-state index in [4.69, 9.17) is 4.74 Å². The Hall–Kier alpha value is -1.42. The Morgan fingerprint density at radius 3 is 2.89 bits per heavy atom. The highest BCUT2D eigenvalue weighted by Crippen LogP contribution is 2.16. The summed E-state index contributed by atoms with van der Waals surface area (Å²) in [4.78, 5) is 18.0. The number of amides is 1. The Morgan fingerprint density at radius 1 is 1.47 bits per heavy atom. The zero-order valence-corrected chi connectivity index (χ0v) is 11.7. The van der Waals surface area contributed by atoms with E-state index < -0.39 is 0 Å². The van der Waals surface area contributed by atoms with Gasteiger partial charge in [0.2, 0.25) is 0 Å². The van der Waals surface area contributed by atoms with E-state index in [1.807, 2.05) is 4.90 Å². The monoisotopic (exact) mass is 262 g/mol. The lowest BCUT2D eigenvalue weighted by Gasteiger charge is -2.17. The first kappa shape index (κ1) is 14.0. The van der Waals surface area contributed by atoms with Crippen molar-refractivity contribution in [2.75, 3.05) is 19.7 Å². The van der Waals surface area contributed by atoms with Crippen LogP contribution in [0.4, 0.5) is 0 Å². The summed E-state index contributed by atoms with van der Waals surface area (Å²) < 4.78 is 5.82. The molecule has 4 heteroatoms. The number of carbonyl (C=O) groups is 1. The highest BCUT2D eigenvalue weighted by Gasteiger charge is 2.27. The molecule has 1 atom stereocenters. The maximum atomic E-state index is 12.2. The van der Waals surface area contributed by atoms with Crippen LogP contribution in [-0.4, -0.2) is 41.6 Å². The molecule has 1 aromatic heterocycles. The molecule has 1 unspecified atom stereocenters. The van der Waals surface area contributed by atoms with Crippen molar-refractivity contribution in [2.45, 2.75) is 32.8 Å². The van der Waals surface area contributed by atoms with E-state index in [0.717, 1.165) is 26.0 Å². The van der Waals surface area contributed by atoms with Crippen LogP contribution >= 0.6 is 0 Å². The molecule has 1 aliphatic heterocycles. The van der Waals surface area contributed by atoms with Crippen LogP contribution in [-0.2, 0) is 4.74 Å². The number of carbonyl (C=O) groups excluding carboxylic acids is 1. The lowest BCUT2D eigenvalue weighted by Crippen LogP contribution is -2.30. The number of pyridine rings is 1. The summed E-state index contributed by atoms with van der Waals surface area (Å²) >= 11 is 0. The molecule has 1 fully saturated rings. The summed E-state index contributed by atoms with van der Waals surface area (Å²) in [5.74, 6) is 0.744. The second kappa shape index (κ2) is 6.66. The number of nitrogens with zero attached hydrogens (tertiary/aromatic N) is 2. The van der Waals surface area contributed by atoms with Crippen LogP contribution in [0, 0.1) is 5.92 Å². The SMILES string of the molecule is CC(C)CCOC1CCN(C(=O)c2ccncc2)C1. The molecule has 0 saturated carbocycles. The molecule has 1 aliphatic rings. The molecular formula is C15H22N2O2. The molecule has 0 radical (unpaired) electrons. The minimum atomic E-state index is 0.0809. The molecule has 0 N–H and O–H groups in total. The van der Waals surface area contributed by atoms with Gasteiger partial charge in [-0.3, -0.25) is 9.78 Å². The zero-order valence-electron chi connectivity index (χ0n) is 11.7. The fraction of sp³-hybridized carbons (Fsp3) is 0.600. The smallest absolute Gasteiger partial charge is 0.254 e. The van der Waals surface area contributed by atoms with E-state index in [1.165, 1.54) is 0 Å². The van der Waals surface area contributed by atoms with Gasteiger partial charge in [0.1, 0.15) is 0 Å². The minimum absolute atomic E-state index is 0.0809. The molecule has 1 saturated heterocycles. The van der Waals surface area contributed by atoms with Crippen LogP contribution in [0.2, 0.25) is 0 Å². The normalized spacial score (nSPS) is 19.1. The Labute approximate surface area is 114 Å². The average Bonchev–Trinajstić information content (AvgIpc) is 2.87. The van der Waals surface area contributed by atoms with Gasteiger partial charge in [-0.2, -0.15) is 0 Å². The van der Waals surface area contributed by atoms with Crippen LogP contribution in [0.3, 0.4) is 0 Å². The van der Waals surface area contributed by atoms with Crippen molar-refractivity contribution >= 4 is 5.91 Å². The summed E-state index contributed by atoms with van der Waals surface area (Å²) in [6.45, 7) is 6.67. The molecule has 1 aromatic rings. The standard InChI is InChI=1S/C15H22N2O2/c1-12(2)6-10-19-14-5-9-17(11-14)15(18)13-3-7-16-8-4-13/h3-4,7-8,12,14H,5-6,9-11H2,1-2H3. The predicted octanol–water partition coefficient (Wildman–Crippen LogP) is 2.36. The summed E-state index contributed by atoms with van der Waals surface area (Å²) in [5.41, 5.74) is 0.706. The Morgan fingerprint density at radius 2 is 2.21 bits per heavy atom. The van der Waals surface area contributed by atoms with E-state index in [9.17, 15) is 4.79 Å². The summed E-state index contributed by atoms with van der Waals surface area (Å²) in [7, 11) is 0. The molecule has 0 aromatic carbocycles. The Kier molecular flexibility index (Phi) is 4.91. The van der Waals surface area contributed by atoms with Gasteiger partial charge in [0.25, 0.3) is 5.91 Å². The second-order valence-corrected chi connectivity index (χ2v) is 5.45. The van der Waals surface area contributed by atoms with Gasteiger partial charge in [-0.25, -0.2) is 0 Å². The van der Waals surface area contributed by atoms with Crippen molar-refractivity contribution < 1.29 is 9.53 Å². The second-order valence-electron chi connectivity index (χ2n) is 5.45. The number of aromatic nitrogens is 1. The van der Waals surface area contributed by atoms with Crippen molar-refractivity contribution in [2.24, 2.45) is 5.92 Å². The maximum absolute atomic E-state index is 12.2. The maximum Gasteiger partial charge on any atom is 0.254 e. The lowest BCUT2D eigenvalue weighted by atomic mass is 10.1. The van der Waals surface area contributed by atoms with E-state index in [2.05, 4.69) is 18.8 Å². The van der Waals surface area contributed by atoms with Gasteiger partial charge in [0, 0.05) is 37.7 Å². The van der Waals surface area contributed by atoms with Crippen molar-refractivity contribution in [3.05, 3.63) is 30.1 Å². The molecule has 0 aliphatic carbocycles. The average molecular weight is 262 g/mol. The highest BCUT2D eigenvalue weighted by atomic mass is 16.5. The number of hydrogen-bond donors (Lipinski definition) is 0. The summed E-state index contributed by atoms with van der Waals surface area (Å²) in [6.07, 6.45) is 5.52. The topological polar surface area (TPSA) is 42.4 Å². The number of hydrogen-bond acceptors (Lipinski definition) is 3. The van der Waals surface area contributed by atoms with Crippen LogP contribution in [0.1, 0.15) is 37.0 Å². The lowest BCUT2D eigenvalue weighted by molar-refractivity contribution is 0.0484. The third-order valence-corrected chi connectivity index (χ3v) is 3.41. The molecule has 1 amide bonds. The van der Waals surface area contributed by atoms with Gasteiger partial charge >= 0.3 is 0 Å². The quantitative estimate of drug-likeness (QED) is 0.818. The van der Waals surface area contributed by atoms with E-state index >= 15 is 0 Å². The van der Waals surface area contributed by atoms with E-state index in [1.54, 1.807) is 24.5 Å². The molecular weight excluding hydrogens is 240 g/mol. The summed E-state index contributed by atoms with van der Waals surface area (Å²) in [6, 6.07) is 3.52. The molecule has 19 heavy (non-hydrogen) atoms. The van der Waals surface area contributed by atoms with Crippen molar-refractivity contribution in [3.63, 3.8) is 0 Å². The minimum Gasteiger partial charge on any atom is -0.376 e. The van der Waals surface area contributed by atoms with Crippen molar-refractivity contribution in [3.8, 4) is 0 Å². The molecule has 4 nitrogen and oxygen atoms in total. The highest BCUT2D eigenvalue weighted by molar-refractivity contribution is 5.94. The summed E-state index contributed by atoms with van der Waals surface area (Å²) in [5, 5.41) is 0. The van der Waals surface area contributed by atoms with Gasteiger partial charge in [-0.05, 0) is 30.9 Å². The third-order valence-electron chi connectivity index (χ3n) is 3.41. The first-order valence-electron chi connectivity index (χ1n) is 6.97. The fourth-order valence-corrected chi connectivity index (χ4v) is 2.20. The fourth-order valence-electron chi connectivity index (χ4n) is 2.20. The van der Waals surface area contributed by atoms with Gasteiger partial charge < -0.3 is 9.64 Å². The molecule has 104 valence electrons. The van der Waals surface area contributed by atoms with Crippen LogP contribution in [0.15, 0.2) is 24.5 Å². The third kappa shape index (κ3) is 4.03. The predicted molar refractivity (Wildman–Crippen MR) is 74.0 cm³/mol. The molecule has 2 rings (SSSR count). The Balaban J connectivity index is 1.80. The van der Waals surface area contributed by atoms with Crippen LogP contribution < -0.4 is 0 Å². The van der Waals surface area contributed by atoms with Gasteiger partial charge in [-0.15, -0.1) is 0 Å². The molecule has 2 heterocycles. The van der Waals surface area contributed by atoms with Crippen LogP contribution in [0.25, 0.3) is 0 Å². The number of ether oxygens (including phenoxy) is 1. The number of rotatable bonds is 5. The zero-order chi connectivity index (χ0) is 13.7. The first-order chi connectivity index (χ1) is 9.16. The van der Waals surface area contributed by atoms with Crippen molar-refractivity contribution in [1.82, 2.24) is 9.88 Å². The Bertz CT molecular complexity index is 406. The number of likely N-dealkylation sites (tertiary alicyclic amines) is 1. The van der Waals surface area contributed by atoms with Gasteiger partial charge in [0.15, 0.2) is 0 Å². The van der Waals surface area contributed by atoms with Crippen LogP contribution in [0.5, 0.6) is 0 Å². The van der Waals surface area contributed by atoms with Gasteiger partial charge in [0.05, 0.1) is 6.10 Å². The largest absolute Gasteiger partial charge is 0.376 e. The van der Waals surface area contributed by atoms with Gasteiger partial charge in [-0.1, -0.05) is 13.8 Å². The molecule has 0 bridgehead atoms.